The Morgan fingerprint density at radius 1 is 1.45 bits per heavy atom. The Labute approximate surface area is 72.5 Å². The van der Waals surface area contributed by atoms with Gasteiger partial charge in [-0.25, -0.2) is 0 Å². The highest BCUT2D eigenvalue weighted by Gasteiger charge is 2.39. The van der Waals surface area contributed by atoms with Gasteiger partial charge in [0, 0.05) is 18.3 Å². The van der Waals surface area contributed by atoms with Gasteiger partial charge in [-0.05, 0) is 12.8 Å². The first kappa shape index (κ1) is 4.04. The highest BCUT2D eigenvalue weighted by atomic mass is 16.5. The average molecular weight is 158 g/mol. The molecular formula is C9H14O2. The van der Waals surface area contributed by atoms with Crippen molar-refractivity contribution in [2.75, 3.05) is 6.61 Å². The molecule has 0 atom stereocenters. The molecule has 11 heavy (non-hydrogen) atoms. The molecule has 0 unspecified atom stereocenters. The molecule has 1 spiro atoms. The molecule has 0 aromatic carbocycles. The van der Waals surface area contributed by atoms with E-state index in [1.54, 1.807) is 0 Å². The van der Waals surface area contributed by atoms with Crippen molar-refractivity contribution in [2.24, 2.45) is 0 Å². The molecule has 1 saturated heterocycles. The number of ether oxygens (including phenoxy) is 1. The molecule has 0 N–H and O–H groups in total. The zero-order valence-electron chi connectivity index (χ0n) is 10.4. The molecular weight excluding hydrogens is 140 g/mol. The van der Waals surface area contributed by atoms with E-state index < -0.39 is 18.3 Å². The SMILES string of the molecule is [2H]C1([2H])CC2(CC(=O)CCO2)CC1([2H])[2H]. The third-order valence-electron chi connectivity index (χ3n) is 2.25. The van der Waals surface area contributed by atoms with Crippen LogP contribution in [0.1, 0.15) is 43.9 Å². The predicted octanol–water partition coefficient (Wildman–Crippen LogP) is 1.68. The maximum atomic E-state index is 11.3. The van der Waals surface area contributed by atoms with E-state index in [0.29, 0.717) is 13.0 Å². The van der Waals surface area contributed by atoms with Crippen molar-refractivity contribution < 1.29 is 15.0 Å². The van der Waals surface area contributed by atoms with Crippen molar-refractivity contribution in [1.82, 2.24) is 0 Å². The van der Waals surface area contributed by atoms with E-state index in [9.17, 15) is 4.79 Å². The number of hydrogen-bond donors (Lipinski definition) is 0. The average Bonchev–Trinajstić information content (AvgIpc) is 2.15. The minimum atomic E-state index is -1.90. The van der Waals surface area contributed by atoms with Crippen LogP contribution in [0.25, 0.3) is 0 Å². The summed E-state index contributed by atoms with van der Waals surface area (Å²) in [7, 11) is 0. The standard InChI is InChI=1S/C9H14O2/c10-8-3-6-11-9(7-8)4-1-2-5-9/h1-7H2/i1D2,2D2. The first-order chi connectivity index (χ1) is 6.77. The second-order valence-electron chi connectivity index (χ2n) is 3.20. The molecule has 0 radical (unpaired) electrons. The summed E-state index contributed by atoms with van der Waals surface area (Å²) in [5, 5.41) is 0. The van der Waals surface area contributed by atoms with Crippen LogP contribution in [0.4, 0.5) is 0 Å². The number of carbonyl (C=O) groups excluding carboxylic acids is 1. The smallest absolute Gasteiger partial charge is 0.138 e. The molecule has 1 aliphatic carbocycles. The number of rotatable bonds is 0. The molecule has 1 saturated carbocycles. The fraction of sp³-hybridized carbons (Fsp3) is 0.889. The summed E-state index contributed by atoms with van der Waals surface area (Å²) in [5.41, 5.74) is -0.887. The molecule has 0 aromatic heterocycles. The van der Waals surface area contributed by atoms with E-state index in [1.165, 1.54) is 0 Å². The van der Waals surface area contributed by atoms with Crippen LogP contribution in [0.2, 0.25) is 0 Å². The van der Waals surface area contributed by atoms with E-state index in [-0.39, 0.29) is 25.0 Å². The lowest BCUT2D eigenvalue weighted by Gasteiger charge is -2.32. The number of hydrogen-bond acceptors (Lipinski definition) is 2. The van der Waals surface area contributed by atoms with Crippen LogP contribution in [-0.2, 0) is 9.53 Å². The van der Waals surface area contributed by atoms with Crippen molar-refractivity contribution in [3.63, 3.8) is 0 Å². The first-order valence-corrected chi connectivity index (χ1v) is 3.92. The molecule has 0 aromatic rings. The largest absolute Gasteiger partial charge is 0.374 e. The Balaban J connectivity index is 2.23. The predicted molar refractivity (Wildman–Crippen MR) is 41.4 cm³/mol. The Hall–Kier alpha value is -0.370. The van der Waals surface area contributed by atoms with Crippen molar-refractivity contribution in [1.29, 1.82) is 0 Å². The summed E-state index contributed by atoms with van der Waals surface area (Å²) >= 11 is 0. The number of carbonyl (C=O) groups is 1. The van der Waals surface area contributed by atoms with Crippen LogP contribution in [0.3, 0.4) is 0 Å². The Morgan fingerprint density at radius 3 is 2.82 bits per heavy atom. The lowest BCUT2D eigenvalue weighted by atomic mass is 9.91. The summed E-state index contributed by atoms with van der Waals surface area (Å²) in [6.07, 6.45) is -3.30. The van der Waals surface area contributed by atoms with Gasteiger partial charge in [0.15, 0.2) is 0 Å². The molecule has 0 bridgehead atoms. The maximum Gasteiger partial charge on any atom is 0.138 e. The second kappa shape index (κ2) is 2.59. The summed E-state index contributed by atoms with van der Waals surface area (Å²) in [6, 6.07) is 0. The lowest BCUT2D eigenvalue weighted by molar-refractivity contribution is -0.139. The maximum absolute atomic E-state index is 11.3. The zero-order valence-corrected chi connectivity index (χ0v) is 6.35. The molecule has 0 amide bonds. The topological polar surface area (TPSA) is 26.3 Å². The fourth-order valence-corrected chi connectivity index (χ4v) is 1.62. The van der Waals surface area contributed by atoms with E-state index in [4.69, 9.17) is 10.2 Å². The number of ketones is 1. The minimum Gasteiger partial charge on any atom is -0.374 e. The van der Waals surface area contributed by atoms with Crippen LogP contribution < -0.4 is 0 Å². The normalized spacial score (nSPS) is 44.2. The monoisotopic (exact) mass is 158 g/mol. The fourth-order valence-electron chi connectivity index (χ4n) is 1.62. The van der Waals surface area contributed by atoms with Crippen molar-refractivity contribution in [3.05, 3.63) is 0 Å². The van der Waals surface area contributed by atoms with E-state index in [2.05, 4.69) is 0 Å². The highest BCUT2D eigenvalue weighted by molar-refractivity contribution is 5.80. The molecule has 2 aliphatic rings. The summed E-state index contributed by atoms with van der Waals surface area (Å²) in [5.74, 6) is 0.0507. The van der Waals surface area contributed by atoms with Crippen molar-refractivity contribution in [3.8, 4) is 0 Å². The van der Waals surface area contributed by atoms with Gasteiger partial charge < -0.3 is 4.74 Å². The van der Waals surface area contributed by atoms with Gasteiger partial charge in [0.05, 0.1) is 12.2 Å². The molecule has 2 fully saturated rings. The van der Waals surface area contributed by atoms with Gasteiger partial charge in [-0.15, -0.1) is 0 Å². The summed E-state index contributed by atoms with van der Waals surface area (Å²) in [4.78, 5) is 11.3. The third-order valence-corrected chi connectivity index (χ3v) is 2.25. The van der Waals surface area contributed by atoms with Crippen molar-refractivity contribution in [2.45, 2.75) is 44.0 Å². The van der Waals surface area contributed by atoms with Gasteiger partial charge in [0.1, 0.15) is 5.78 Å². The van der Waals surface area contributed by atoms with Gasteiger partial charge in [-0.3, -0.25) is 4.79 Å². The molecule has 62 valence electrons. The van der Waals surface area contributed by atoms with Crippen LogP contribution in [0.5, 0.6) is 0 Å². The Bertz CT molecular complexity index is 284. The van der Waals surface area contributed by atoms with Gasteiger partial charge in [-0.2, -0.15) is 0 Å². The highest BCUT2D eigenvalue weighted by Crippen LogP contribution is 2.38. The van der Waals surface area contributed by atoms with Crippen LogP contribution >= 0.6 is 0 Å². The van der Waals surface area contributed by atoms with Crippen LogP contribution in [0.15, 0.2) is 0 Å². The molecule has 2 rings (SSSR count). The molecule has 1 aliphatic heterocycles. The second-order valence-corrected chi connectivity index (χ2v) is 3.20. The number of Topliss-reactive ketones (excluding diaryl/α,β-unsaturated/α-hetero) is 1. The van der Waals surface area contributed by atoms with Gasteiger partial charge in [0.2, 0.25) is 0 Å². The summed E-state index contributed by atoms with van der Waals surface area (Å²) in [6.45, 7) is 0.297. The summed E-state index contributed by atoms with van der Waals surface area (Å²) < 4.78 is 35.9. The van der Waals surface area contributed by atoms with Crippen LogP contribution in [0, 0.1) is 0 Å². The minimum absolute atomic E-state index is 0.0151. The van der Waals surface area contributed by atoms with E-state index >= 15 is 0 Å². The molecule has 2 heteroatoms. The molecule has 2 nitrogen and oxygen atoms in total. The van der Waals surface area contributed by atoms with Gasteiger partial charge >= 0.3 is 0 Å². The van der Waals surface area contributed by atoms with Gasteiger partial charge in [-0.1, -0.05) is 12.7 Å². The van der Waals surface area contributed by atoms with Gasteiger partial charge in [0.25, 0.3) is 0 Å². The Morgan fingerprint density at radius 2 is 2.18 bits per heavy atom. The van der Waals surface area contributed by atoms with Crippen LogP contribution in [-0.4, -0.2) is 18.0 Å². The lowest BCUT2D eigenvalue weighted by Crippen LogP contribution is -2.37. The van der Waals surface area contributed by atoms with E-state index in [1.807, 2.05) is 0 Å². The Kier molecular flexibility index (Phi) is 0.951. The third kappa shape index (κ3) is 1.32. The molecule has 1 heterocycles. The van der Waals surface area contributed by atoms with Crippen molar-refractivity contribution >= 4 is 5.78 Å². The quantitative estimate of drug-likeness (QED) is 0.536. The first-order valence-electron chi connectivity index (χ1n) is 5.92. The van der Waals surface area contributed by atoms with E-state index in [0.717, 1.165) is 0 Å². The zero-order chi connectivity index (χ0) is 11.3.